The number of benzene rings is 1. The predicted octanol–water partition coefficient (Wildman–Crippen LogP) is 3.55. The van der Waals surface area contributed by atoms with Gasteiger partial charge in [-0.05, 0) is 36.9 Å². The van der Waals surface area contributed by atoms with Crippen molar-refractivity contribution >= 4 is 50.2 Å². The molecule has 8 heteroatoms. The molecule has 0 aliphatic rings. The number of sulfonamides is 1. The highest BCUT2D eigenvalue weighted by molar-refractivity contribution is 7.89. The third kappa shape index (κ3) is 3.90. The third-order valence-corrected chi connectivity index (χ3v) is 6.20. The molecule has 0 bridgehead atoms. The zero-order valence-corrected chi connectivity index (χ0v) is 14.3. The number of nitrogen functional groups attached to an aromatic ring is 1. The maximum Gasteiger partial charge on any atom is 0.242 e. The van der Waals surface area contributed by atoms with E-state index in [0.717, 1.165) is 4.88 Å². The Morgan fingerprint density at radius 2 is 2.05 bits per heavy atom. The van der Waals surface area contributed by atoms with Crippen LogP contribution in [0.1, 0.15) is 11.8 Å². The molecule has 3 N–H and O–H groups in total. The smallest absolute Gasteiger partial charge is 0.242 e. The first kappa shape index (κ1) is 16.6. The van der Waals surface area contributed by atoms with Gasteiger partial charge in [0.25, 0.3) is 0 Å². The van der Waals surface area contributed by atoms with Crippen LogP contribution in [0.25, 0.3) is 0 Å². The molecular weight excluding hydrogens is 351 g/mol. The maximum atomic E-state index is 12.4. The van der Waals surface area contributed by atoms with Crippen molar-refractivity contribution in [2.24, 2.45) is 0 Å². The van der Waals surface area contributed by atoms with Gasteiger partial charge in [-0.2, -0.15) is 0 Å². The number of hydrogen-bond acceptors (Lipinski definition) is 4. The lowest BCUT2D eigenvalue weighted by Gasteiger charge is -2.15. The van der Waals surface area contributed by atoms with Gasteiger partial charge in [0, 0.05) is 10.9 Å². The fourth-order valence-electron chi connectivity index (χ4n) is 1.86. The molecule has 0 amide bonds. The molecule has 0 saturated carbocycles. The van der Waals surface area contributed by atoms with Crippen LogP contribution < -0.4 is 10.5 Å². The van der Waals surface area contributed by atoms with Gasteiger partial charge < -0.3 is 5.73 Å². The largest absolute Gasteiger partial charge is 0.396 e. The van der Waals surface area contributed by atoms with Crippen LogP contribution in [0, 0.1) is 0 Å². The van der Waals surface area contributed by atoms with Crippen LogP contribution in [-0.4, -0.2) is 14.5 Å². The Kier molecular flexibility index (Phi) is 5.16. The molecule has 1 aromatic carbocycles. The van der Waals surface area contributed by atoms with E-state index in [1.165, 1.54) is 12.1 Å². The monoisotopic (exact) mass is 364 g/mol. The molecule has 0 fully saturated rings. The van der Waals surface area contributed by atoms with Crippen LogP contribution in [0.5, 0.6) is 0 Å². The van der Waals surface area contributed by atoms with Crippen molar-refractivity contribution in [3.8, 4) is 0 Å². The first-order chi connectivity index (χ1) is 9.81. The molecular formula is C13H14Cl2N2O2S2. The van der Waals surface area contributed by atoms with Gasteiger partial charge in [0.2, 0.25) is 10.0 Å². The van der Waals surface area contributed by atoms with Gasteiger partial charge in [-0.1, -0.05) is 29.3 Å². The summed E-state index contributed by atoms with van der Waals surface area (Å²) in [5, 5.41) is 2.12. The fourth-order valence-corrected chi connectivity index (χ4v) is 4.70. The molecule has 1 aromatic heterocycles. The van der Waals surface area contributed by atoms with E-state index >= 15 is 0 Å². The lowest BCUT2D eigenvalue weighted by atomic mass is 10.2. The zero-order valence-electron chi connectivity index (χ0n) is 11.1. The molecule has 114 valence electrons. The number of nitrogens with one attached hydrogen (secondary N) is 1. The number of halogens is 2. The summed E-state index contributed by atoms with van der Waals surface area (Å²) in [5.74, 6) is 0. The van der Waals surface area contributed by atoms with E-state index in [1.54, 1.807) is 18.3 Å². The van der Waals surface area contributed by atoms with E-state index in [0.29, 0.717) is 6.42 Å². The summed E-state index contributed by atoms with van der Waals surface area (Å²) >= 11 is 13.4. The number of anilines is 1. The van der Waals surface area contributed by atoms with Crippen molar-refractivity contribution < 1.29 is 8.42 Å². The van der Waals surface area contributed by atoms with Crippen LogP contribution in [-0.2, 0) is 16.4 Å². The average Bonchev–Trinajstić information content (AvgIpc) is 2.87. The normalized spacial score (nSPS) is 13.3. The van der Waals surface area contributed by atoms with Crippen molar-refractivity contribution in [2.75, 3.05) is 5.73 Å². The second-order valence-corrected chi connectivity index (χ2v) is 8.08. The molecule has 0 aliphatic carbocycles. The van der Waals surface area contributed by atoms with Gasteiger partial charge in [-0.25, -0.2) is 13.1 Å². The molecule has 0 saturated heterocycles. The number of nitrogens with two attached hydrogens (primary N) is 1. The maximum absolute atomic E-state index is 12.4. The Hall–Kier alpha value is -0.790. The molecule has 0 spiro atoms. The van der Waals surface area contributed by atoms with Crippen molar-refractivity contribution in [3.63, 3.8) is 0 Å². The van der Waals surface area contributed by atoms with Gasteiger partial charge in [0.1, 0.15) is 4.90 Å². The second kappa shape index (κ2) is 6.54. The molecule has 1 unspecified atom stereocenters. The average molecular weight is 365 g/mol. The topological polar surface area (TPSA) is 72.2 Å². The lowest BCUT2D eigenvalue weighted by Crippen LogP contribution is -2.34. The van der Waals surface area contributed by atoms with Crippen molar-refractivity contribution in [1.82, 2.24) is 4.72 Å². The van der Waals surface area contributed by atoms with Crippen molar-refractivity contribution in [2.45, 2.75) is 24.3 Å². The highest BCUT2D eigenvalue weighted by Crippen LogP contribution is 2.33. The minimum absolute atomic E-state index is 0.0571. The molecule has 0 radical (unpaired) electrons. The molecule has 1 heterocycles. The van der Waals surface area contributed by atoms with Gasteiger partial charge >= 0.3 is 0 Å². The Bertz CT molecular complexity index is 731. The van der Waals surface area contributed by atoms with E-state index in [1.807, 2.05) is 17.5 Å². The van der Waals surface area contributed by atoms with Crippen LogP contribution in [0.4, 0.5) is 5.69 Å². The highest BCUT2D eigenvalue weighted by Gasteiger charge is 2.22. The number of thiophene rings is 1. The van der Waals surface area contributed by atoms with E-state index in [4.69, 9.17) is 28.9 Å². The molecule has 21 heavy (non-hydrogen) atoms. The predicted molar refractivity (Wildman–Crippen MR) is 88.7 cm³/mol. The van der Waals surface area contributed by atoms with Gasteiger partial charge in [-0.15, -0.1) is 11.3 Å². The minimum Gasteiger partial charge on any atom is -0.396 e. The quantitative estimate of drug-likeness (QED) is 0.796. The second-order valence-electron chi connectivity index (χ2n) is 4.58. The van der Waals surface area contributed by atoms with Crippen molar-refractivity contribution in [1.29, 1.82) is 0 Å². The molecule has 2 aromatic rings. The molecule has 0 aliphatic heterocycles. The standard InChI is InChI=1S/C13H14Cl2N2O2S2/c1-8(7-9-3-2-6-20-9)17-21(18,19)11-5-4-10(14)13(16)12(11)15/h2-6,8,17H,7,16H2,1H3. The van der Waals surface area contributed by atoms with Crippen LogP contribution in [0.2, 0.25) is 10.0 Å². The Labute approximate surface area is 137 Å². The molecule has 4 nitrogen and oxygen atoms in total. The van der Waals surface area contributed by atoms with Crippen LogP contribution in [0.3, 0.4) is 0 Å². The first-order valence-corrected chi connectivity index (χ1v) is 9.21. The Morgan fingerprint density at radius 3 is 2.67 bits per heavy atom. The van der Waals surface area contributed by atoms with E-state index in [9.17, 15) is 8.42 Å². The van der Waals surface area contributed by atoms with E-state index in [2.05, 4.69) is 4.72 Å². The fraction of sp³-hybridized carbons (Fsp3) is 0.231. The van der Waals surface area contributed by atoms with Crippen LogP contribution in [0.15, 0.2) is 34.5 Å². The van der Waals surface area contributed by atoms with Crippen LogP contribution >= 0.6 is 34.5 Å². The lowest BCUT2D eigenvalue weighted by molar-refractivity contribution is 0.561. The Balaban J connectivity index is 2.20. The summed E-state index contributed by atoms with van der Waals surface area (Å²) in [6, 6.07) is 6.39. The summed E-state index contributed by atoms with van der Waals surface area (Å²) < 4.78 is 27.3. The van der Waals surface area contributed by atoms with E-state index < -0.39 is 10.0 Å². The number of rotatable bonds is 5. The Morgan fingerprint density at radius 1 is 1.33 bits per heavy atom. The minimum atomic E-state index is -3.75. The summed E-state index contributed by atoms with van der Waals surface area (Å²) in [4.78, 5) is 1.04. The molecule has 2 rings (SSSR count). The summed E-state index contributed by atoms with van der Waals surface area (Å²) in [6.07, 6.45) is 0.609. The van der Waals surface area contributed by atoms with Gasteiger partial charge in [0.15, 0.2) is 0 Å². The third-order valence-electron chi connectivity index (χ3n) is 2.82. The summed E-state index contributed by atoms with van der Waals surface area (Å²) in [6.45, 7) is 1.80. The summed E-state index contributed by atoms with van der Waals surface area (Å²) in [7, 11) is -3.75. The SMILES string of the molecule is CC(Cc1cccs1)NS(=O)(=O)c1ccc(Cl)c(N)c1Cl. The highest BCUT2D eigenvalue weighted by atomic mass is 35.5. The van der Waals surface area contributed by atoms with Gasteiger partial charge in [-0.3, -0.25) is 0 Å². The molecule has 1 atom stereocenters. The van der Waals surface area contributed by atoms with Gasteiger partial charge in [0.05, 0.1) is 15.7 Å². The summed E-state index contributed by atoms with van der Waals surface area (Å²) in [5.41, 5.74) is 5.73. The number of hydrogen-bond donors (Lipinski definition) is 2. The zero-order chi connectivity index (χ0) is 15.6. The van der Waals surface area contributed by atoms with E-state index in [-0.39, 0.29) is 26.7 Å². The first-order valence-electron chi connectivity index (χ1n) is 6.09. The van der Waals surface area contributed by atoms with Crippen molar-refractivity contribution in [3.05, 3.63) is 44.6 Å².